The van der Waals surface area contributed by atoms with Crippen LogP contribution in [0.2, 0.25) is 0 Å². The molecule has 1 aromatic heterocycles. The highest BCUT2D eigenvalue weighted by Gasteiger charge is 2.34. The van der Waals surface area contributed by atoms with E-state index in [1.807, 2.05) is 6.07 Å². The second kappa shape index (κ2) is 7.40. The number of methoxy groups -OCH3 is 2. The Labute approximate surface area is 170 Å². The molecule has 0 saturated carbocycles. The molecule has 1 aliphatic heterocycles. The summed E-state index contributed by atoms with van der Waals surface area (Å²) < 4.78 is 51.0. The minimum atomic E-state index is -4.42. The van der Waals surface area contributed by atoms with Crippen molar-refractivity contribution in [2.75, 3.05) is 19.5 Å². The largest absolute Gasteiger partial charge is 0.493 e. The number of fused-ring (bicyclic) bond motifs is 1. The predicted octanol–water partition coefficient (Wildman–Crippen LogP) is 4.38. The van der Waals surface area contributed by atoms with Crippen LogP contribution >= 0.6 is 0 Å². The molecule has 1 unspecified atom stereocenters. The molecule has 2 heterocycles. The molecule has 30 heavy (non-hydrogen) atoms. The predicted molar refractivity (Wildman–Crippen MR) is 103 cm³/mol. The Balaban J connectivity index is 1.79. The molecule has 0 fully saturated rings. The molecule has 1 amide bonds. The number of nitrogens with one attached hydrogen (secondary N) is 1. The molecule has 156 valence electrons. The van der Waals surface area contributed by atoms with Crippen LogP contribution in [0.1, 0.15) is 29.2 Å². The summed E-state index contributed by atoms with van der Waals surface area (Å²) in [5, 5.41) is 2.78. The van der Waals surface area contributed by atoms with Crippen molar-refractivity contribution in [1.29, 1.82) is 0 Å². The minimum Gasteiger partial charge on any atom is -0.493 e. The summed E-state index contributed by atoms with van der Waals surface area (Å²) in [6.45, 7) is 0. The van der Waals surface area contributed by atoms with Crippen LogP contribution in [0.3, 0.4) is 0 Å². The summed E-state index contributed by atoms with van der Waals surface area (Å²) in [5.41, 5.74) is 1.05. The molecular formula is C21H18F3N3O3. The van der Waals surface area contributed by atoms with Crippen molar-refractivity contribution in [3.05, 3.63) is 65.6 Å². The standard InChI is InChI=1S/C21H18F3N3O3/c1-29-16-5-3-4-14(19(16)30-2)15-10-17(28)26-20-18(15)25-11-27(20)13-8-6-12(7-9-13)21(22,23)24/h3-9,11,15H,10H2,1-2H3,(H,26,28). The quantitative estimate of drug-likeness (QED) is 0.684. The van der Waals surface area contributed by atoms with E-state index in [0.29, 0.717) is 28.7 Å². The van der Waals surface area contributed by atoms with Crippen molar-refractivity contribution in [3.63, 3.8) is 0 Å². The minimum absolute atomic E-state index is 0.153. The number of hydrogen-bond donors (Lipinski definition) is 1. The fraction of sp³-hybridized carbons (Fsp3) is 0.238. The van der Waals surface area contributed by atoms with Crippen LogP contribution in [-0.2, 0) is 11.0 Å². The smallest absolute Gasteiger partial charge is 0.416 e. The Morgan fingerprint density at radius 2 is 1.83 bits per heavy atom. The van der Waals surface area contributed by atoms with E-state index in [-0.39, 0.29) is 12.3 Å². The zero-order chi connectivity index (χ0) is 21.5. The van der Waals surface area contributed by atoms with Crippen molar-refractivity contribution < 1.29 is 27.4 Å². The first-order valence-electron chi connectivity index (χ1n) is 9.09. The van der Waals surface area contributed by atoms with Crippen molar-refractivity contribution in [2.45, 2.75) is 18.5 Å². The first-order valence-corrected chi connectivity index (χ1v) is 9.09. The Bertz CT molecular complexity index is 1090. The monoisotopic (exact) mass is 417 g/mol. The Hall–Kier alpha value is -3.49. The highest BCUT2D eigenvalue weighted by Crippen LogP contribution is 2.44. The third-order valence-corrected chi connectivity index (χ3v) is 5.05. The number of carbonyl (C=O) groups excluding carboxylic acids is 1. The number of aromatic nitrogens is 2. The van der Waals surface area contributed by atoms with Crippen LogP contribution in [0.15, 0.2) is 48.8 Å². The summed E-state index contributed by atoms with van der Waals surface area (Å²) in [6, 6.07) is 10.1. The van der Waals surface area contributed by atoms with Crippen LogP contribution in [0.5, 0.6) is 11.5 Å². The first-order chi connectivity index (χ1) is 14.3. The molecular weight excluding hydrogens is 399 g/mol. The van der Waals surface area contributed by atoms with Crippen molar-refractivity contribution in [3.8, 4) is 17.2 Å². The van der Waals surface area contributed by atoms with Gasteiger partial charge >= 0.3 is 6.18 Å². The third-order valence-electron chi connectivity index (χ3n) is 5.05. The van der Waals surface area contributed by atoms with E-state index in [1.54, 1.807) is 16.7 Å². The summed E-state index contributed by atoms with van der Waals surface area (Å²) in [7, 11) is 3.05. The summed E-state index contributed by atoms with van der Waals surface area (Å²) in [6.07, 6.45) is -2.78. The molecule has 1 atom stereocenters. The van der Waals surface area contributed by atoms with Crippen molar-refractivity contribution >= 4 is 11.7 Å². The lowest BCUT2D eigenvalue weighted by Crippen LogP contribution is -2.25. The Morgan fingerprint density at radius 3 is 2.47 bits per heavy atom. The molecule has 2 aromatic carbocycles. The maximum Gasteiger partial charge on any atom is 0.416 e. The van der Waals surface area contributed by atoms with Gasteiger partial charge in [-0.15, -0.1) is 0 Å². The van der Waals surface area contributed by atoms with Crippen LogP contribution in [0.25, 0.3) is 5.69 Å². The van der Waals surface area contributed by atoms with E-state index in [2.05, 4.69) is 10.3 Å². The van der Waals surface area contributed by atoms with Crippen molar-refractivity contribution in [2.24, 2.45) is 0 Å². The topological polar surface area (TPSA) is 65.4 Å². The number of nitrogens with zero attached hydrogens (tertiary/aromatic N) is 2. The lowest BCUT2D eigenvalue weighted by Gasteiger charge is -2.25. The summed E-state index contributed by atoms with van der Waals surface area (Å²) >= 11 is 0. The number of ether oxygens (including phenoxy) is 2. The molecule has 0 aliphatic carbocycles. The lowest BCUT2D eigenvalue weighted by atomic mass is 9.89. The molecule has 0 radical (unpaired) electrons. The highest BCUT2D eigenvalue weighted by molar-refractivity contribution is 5.94. The van der Waals surface area contributed by atoms with Crippen LogP contribution in [0.4, 0.5) is 19.0 Å². The van der Waals surface area contributed by atoms with Gasteiger partial charge in [0.05, 0.1) is 25.5 Å². The number of alkyl halides is 3. The van der Waals surface area contributed by atoms with E-state index >= 15 is 0 Å². The SMILES string of the molecule is COc1cccc(C2CC(=O)Nc3c2ncn3-c2ccc(C(F)(F)F)cc2)c1OC. The average molecular weight is 417 g/mol. The van der Waals surface area contributed by atoms with Crippen LogP contribution in [0, 0.1) is 0 Å². The van der Waals surface area contributed by atoms with Gasteiger partial charge in [-0.3, -0.25) is 9.36 Å². The van der Waals surface area contributed by atoms with Crippen LogP contribution < -0.4 is 14.8 Å². The Morgan fingerprint density at radius 1 is 1.10 bits per heavy atom. The summed E-state index contributed by atoms with van der Waals surface area (Å²) in [5.74, 6) is 0.834. The van der Waals surface area contributed by atoms with E-state index in [4.69, 9.17) is 9.47 Å². The maximum atomic E-state index is 12.9. The molecule has 0 saturated heterocycles. The zero-order valence-corrected chi connectivity index (χ0v) is 16.2. The second-order valence-corrected chi connectivity index (χ2v) is 6.78. The van der Waals surface area contributed by atoms with Gasteiger partial charge in [-0.25, -0.2) is 4.98 Å². The zero-order valence-electron chi connectivity index (χ0n) is 16.2. The molecule has 3 aromatic rings. The molecule has 0 bridgehead atoms. The van der Waals surface area contributed by atoms with E-state index in [9.17, 15) is 18.0 Å². The number of amides is 1. The first kappa shape index (κ1) is 19.8. The summed E-state index contributed by atoms with van der Waals surface area (Å²) in [4.78, 5) is 16.9. The number of halogens is 3. The van der Waals surface area contributed by atoms with Gasteiger partial charge in [0.15, 0.2) is 11.5 Å². The van der Waals surface area contributed by atoms with Gasteiger partial charge in [0, 0.05) is 23.6 Å². The van der Waals surface area contributed by atoms with E-state index < -0.39 is 17.7 Å². The Kier molecular flexibility index (Phi) is 4.89. The van der Waals surface area contributed by atoms with Crippen molar-refractivity contribution in [1.82, 2.24) is 9.55 Å². The maximum absolute atomic E-state index is 12.9. The van der Waals surface area contributed by atoms with Gasteiger partial charge in [-0.1, -0.05) is 12.1 Å². The van der Waals surface area contributed by atoms with E-state index in [0.717, 1.165) is 17.7 Å². The molecule has 9 heteroatoms. The van der Waals surface area contributed by atoms with Gasteiger partial charge in [-0.05, 0) is 30.3 Å². The van der Waals surface area contributed by atoms with Gasteiger partial charge in [0.2, 0.25) is 5.91 Å². The highest BCUT2D eigenvalue weighted by atomic mass is 19.4. The number of benzene rings is 2. The third kappa shape index (κ3) is 3.36. The molecule has 1 aliphatic rings. The fourth-order valence-electron chi connectivity index (χ4n) is 3.66. The molecule has 0 spiro atoms. The van der Waals surface area contributed by atoms with Crippen LogP contribution in [-0.4, -0.2) is 29.7 Å². The number of hydrogen-bond acceptors (Lipinski definition) is 4. The molecule has 4 rings (SSSR count). The lowest BCUT2D eigenvalue weighted by molar-refractivity contribution is -0.137. The molecule has 1 N–H and O–H groups in total. The van der Waals surface area contributed by atoms with Gasteiger partial charge in [0.25, 0.3) is 0 Å². The normalized spacial score (nSPS) is 16.0. The number of rotatable bonds is 4. The number of imidazole rings is 1. The van der Waals surface area contributed by atoms with Gasteiger partial charge in [-0.2, -0.15) is 13.2 Å². The molecule has 6 nitrogen and oxygen atoms in total. The number of para-hydroxylation sites is 1. The van der Waals surface area contributed by atoms with Gasteiger partial charge < -0.3 is 14.8 Å². The average Bonchev–Trinajstić information content (AvgIpc) is 3.15. The number of anilines is 1. The van der Waals surface area contributed by atoms with E-state index in [1.165, 1.54) is 32.7 Å². The number of carbonyl (C=O) groups is 1. The fourth-order valence-corrected chi connectivity index (χ4v) is 3.66. The second-order valence-electron chi connectivity index (χ2n) is 6.78. The van der Waals surface area contributed by atoms with Gasteiger partial charge in [0.1, 0.15) is 12.1 Å².